The van der Waals surface area contributed by atoms with E-state index < -0.39 is 149 Å². The summed E-state index contributed by atoms with van der Waals surface area (Å²) in [4.78, 5) is 96.3. The average molecular weight is 1360 g/mol. The molecule has 0 radical (unpaired) electrons. The number of esters is 2. The fourth-order valence-corrected chi connectivity index (χ4v) is 12.6. The van der Waals surface area contributed by atoms with Gasteiger partial charge in [0.15, 0.2) is 9.84 Å². The van der Waals surface area contributed by atoms with Gasteiger partial charge in [0, 0.05) is 25.2 Å². The number of methoxy groups -OCH3 is 3. The number of anilines is 2. The van der Waals surface area contributed by atoms with Crippen LogP contribution in [0.4, 0.5) is 25.8 Å². The normalized spacial score (nSPS) is 12.5. The Balaban J connectivity index is 1.77. The van der Waals surface area contributed by atoms with Crippen LogP contribution in [0.1, 0.15) is 92.9 Å². The van der Waals surface area contributed by atoms with Crippen LogP contribution in [0, 0.1) is 0 Å². The van der Waals surface area contributed by atoms with Gasteiger partial charge in [-0.15, -0.1) is 10.2 Å². The van der Waals surface area contributed by atoms with Crippen LogP contribution in [0.25, 0.3) is 22.5 Å². The summed E-state index contributed by atoms with van der Waals surface area (Å²) in [6.07, 6.45) is -3.47. The Morgan fingerprint density at radius 2 is 1.01 bits per heavy atom. The topological polar surface area (TPSA) is 369 Å². The number of nitrogens with one attached hydrogen (secondary N) is 5. The van der Waals surface area contributed by atoms with Crippen LogP contribution in [0.2, 0.25) is 0 Å². The number of hydrogen-bond donors (Lipinski definition) is 5. The molecule has 0 bridgehead atoms. The number of sulfone groups is 1. The van der Waals surface area contributed by atoms with Crippen LogP contribution in [0.3, 0.4) is 0 Å². The highest BCUT2D eigenvalue weighted by molar-refractivity contribution is 7.93. The highest BCUT2D eigenvalue weighted by Crippen LogP contribution is 2.45. The molecule has 2 atom stereocenters. The van der Waals surface area contributed by atoms with E-state index in [1.807, 2.05) is 0 Å². The molecule has 6 rings (SSSR count). The van der Waals surface area contributed by atoms with Crippen molar-refractivity contribution < 1.29 is 88.3 Å². The molecule has 6 aromatic rings. The van der Waals surface area contributed by atoms with Gasteiger partial charge in [-0.3, -0.25) is 20.2 Å². The molecule has 5 N–H and O–H groups in total. The predicted molar refractivity (Wildman–Crippen MR) is 346 cm³/mol. The summed E-state index contributed by atoms with van der Waals surface area (Å²) >= 11 is 0. The quantitative estimate of drug-likeness (QED) is 0.0188. The second kappa shape index (κ2) is 31.8. The number of ether oxygens (including phenoxy) is 8. The van der Waals surface area contributed by atoms with E-state index in [1.165, 1.54) is 94.9 Å². The van der Waals surface area contributed by atoms with E-state index in [4.69, 9.17) is 43.0 Å². The van der Waals surface area contributed by atoms with E-state index in [0.29, 0.717) is 33.9 Å². The molecule has 0 aliphatic rings. The number of tetrazole rings is 1. The van der Waals surface area contributed by atoms with Crippen molar-refractivity contribution in [2.45, 2.75) is 134 Å². The van der Waals surface area contributed by atoms with Crippen molar-refractivity contribution in [1.29, 1.82) is 0 Å². The standard InChI is InChI=1S/C64H80N10O19S2/c1-15-89-57(77)51(68-60(80)92-63(6,7)8)55(75)66-47-19-17-18-46(50(47)67-56(76)52(58(78)90-16-2)69-61(81)93-64(9,10)11)45-32-33-48(94(82,83)35-34-65-59(79)91-62(3,4)5)53(49(45)54-70-72-74(71-54)38-41-24-30-44(88-14)31-25-41)95(84,85)73(36-39-20-26-42(86-12)27-21-39)37-40-22-28-43(87-13)29-23-40/h17-33,51-52H,15-16,34-38H2,1-14H3,(H,65,79)(H,66,75)(H,67,76)(H,68,80)(H,69,81). The van der Waals surface area contributed by atoms with Crippen LogP contribution in [0.15, 0.2) is 113 Å². The molecule has 1 aromatic heterocycles. The van der Waals surface area contributed by atoms with Gasteiger partial charge in [-0.1, -0.05) is 54.6 Å². The summed E-state index contributed by atoms with van der Waals surface area (Å²) in [6, 6.07) is 21.0. The zero-order chi connectivity index (χ0) is 70.2. The fourth-order valence-electron chi connectivity index (χ4n) is 8.93. The van der Waals surface area contributed by atoms with Crippen molar-refractivity contribution in [2.24, 2.45) is 0 Å². The maximum atomic E-state index is 16.7. The number of alkyl carbamates (subject to hydrolysis) is 3. The molecule has 95 heavy (non-hydrogen) atoms. The van der Waals surface area contributed by atoms with Crippen molar-refractivity contribution in [1.82, 2.24) is 40.5 Å². The SMILES string of the molecule is CCOC(=O)C(NC(=O)OC(C)(C)C)C(=O)Nc1cccc(-c2ccc(S(=O)(=O)CCNC(=O)OC(C)(C)C)c(S(=O)(=O)N(Cc3ccc(OC)cc3)Cc3ccc(OC)cc3)c2-c2nnn(Cc3ccc(OC)cc3)n2)c1NC(=O)C(NC(=O)OC(C)(C)C)C(=O)OCC. The molecule has 1 heterocycles. The molecule has 29 nitrogen and oxygen atoms in total. The third kappa shape index (κ3) is 21.1. The number of amides is 5. The molecule has 0 aliphatic heterocycles. The van der Waals surface area contributed by atoms with Crippen molar-refractivity contribution in [3.8, 4) is 39.8 Å². The molecule has 2 unspecified atom stereocenters. The lowest BCUT2D eigenvalue weighted by molar-refractivity contribution is -0.149. The molecule has 0 fully saturated rings. The number of para-hydroxylation sites is 1. The van der Waals surface area contributed by atoms with Gasteiger partial charge in [-0.25, -0.2) is 40.8 Å². The molecule has 512 valence electrons. The number of carbonyl (C=O) groups is 7. The van der Waals surface area contributed by atoms with Gasteiger partial charge < -0.3 is 53.8 Å². The summed E-state index contributed by atoms with van der Waals surface area (Å²) in [5.41, 5.74) is -4.13. The Morgan fingerprint density at radius 1 is 0.558 bits per heavy atom. The molecule has 5 aromatic carbocycles. The van der Waals surface area contributed by atoms with Gasteiger partial charge in [0.05, 0.1) is 68.7 Å². The zero-order valence-electron chi connectivity index (χ0n) is 55.2. The van der Waals surface area contributed by atoms with E-state index in [-0.39, 0.29) is 30.9 Å². The van der Waals surface area contributed by atoms with Crippen LogP contribution >= 0.6 is 0 Å². The number of hydrogen-bond acceptors (Lipinski definition) is 22. The number of sulfonamides is 1. The van der Waals surface area contributed by atoms with Crippen molar-refractivity contribution in [3.63, 3.8) is 0 Å². The monoisotopic (exact) mass is 1360 g/mol. The molecular weight excluding hydrogens is 1280 g/mol. The zero-order valence-corrected chi connectivity index (χ0v) is 56.9. The molecule has 0 aliphatic carbocycles. The molecule has 0 saturated carbocycles. The smallest absolute Gasteiger partial charge is 0.408 e. The van der Waals surface area contributed by atoms with Crippen molar-refractivity contribution in [2.75, 3.05) is 57.5 Å². The Kier molecular flexibility index (Phi) is 24.9. The molecule has 31 heteroatoms. The fraction of sp³-hybridized carbons (Fsp3) is 0.406. The minimum Gasteiger partial charge on any atom is -0.497 e. The maximum absolute atomic E-state index is 16.7. The highest BCUT2D eigenvalue weighted by atomic mass is 32.2. The van der Waals surface area contributed by atoms with Gasteiger partial charge in [-0.2, -0.15) is 9.10 Å². The maximum Gasteiger partial charge on any atom is 0.408 e. The van der Waals surface area contributed by atoms with Gasteiger partial charge in [0.2, 0.25) is 27.9 Å². The van der Waals surface area contributed by atoms with E-state index in [0.717, 1.165) is 21.2 Å². The van der Waals surface area contributed by atoms with Gasteiger partial charge in [0.25, 0.3) is 11.8 Å². The van der Waals surface area contributed by atoms with Crippen LogP contribution in [-0.4, -0.2) is 159 Å². The first-order valence-corrected chi connectivity index (χ1v) is 32.8. The first-order valence-electron chi connectivity index (χ1n) is 29.7. The van der Waals surface area contributed by atoms with E-state index >= 15 is 21.6 Å². The number of rotatable bonds is 27. The molecule has 0 spiro atoms. The Hall–Kier alpha value is -9.88. The molecule has 0 saturated heterocycles. The minimum absolute atomic E-state index is 0.120. The van der Waals surface area contributed by atoms with E-state index in [9.17, 15) is 28.8 Å². The first kappa shape index (κ1) is 74.2. The largest absolute Gasteiger partial charge is 0.497 e. The number of aromatic nitrogens is 4. The Morgan fingerprint density at radius 3 is 1.46 bits per heavy atom. The van der Waals surface area contributed by atoms with Crippen LogP contribution in [0.5, 0.6) is 17.2 Å². The highest BCUT2D eigenvalue weighted by Gasteiger charge is 2.40. The summed E-state index contributed by atoms with van der Waals surface area (Å²) < 4.78 is 108. The van der Waals surface area contributed by atoms with Crippen molar-refractivity contribution in [3.05, 3.63) is 120 Å². The van der Waals surface area contributed by atoms with Gasteiger partial charge in [-0.05, 0) is 152 Å². The molecular formula is C64H80N10O19S2. The third-order valence-electron chi connectivity index (χ3n) is 13.0. The summed E-state index contributed by atoms with van der Waals surface area (Å²) in [6.45, 7) is 14.6. The lowest BCUT2D eigenvalue weighted by Crippen LogP contribution is -2.51. The number of benzene rings is 5. The average Bonchev–Trinajstić information content (AvgIpc) is 1.55. The predicted octanol–water partition coefficient (Wildman–Crippen LogP) is 7.56. The van der Waals surface area contributed by atoms with Gasteiger partial charge in [0.1, 0.15) is 38.9 Å². The Bertz CT molecular complexity index is 3910. The summed E-state index contributed by atoms with van der Waals surface area (Å²) in [5.74, 6) is -5.37. The Labute approximate surface area is 551 Å². The lowest BCUT2D eigenvalue weighted by Gasteiger charge is -2.27. The second-order valence-electron chi connectivity index (χ2n) is 23.9. The third-order valence-corrected chi connectivity index (χ3v) is 16.8. The summed E-state index contributed by atoms with van der Waals surface area (Å²) in [7, 11) is -5.97. The second-order valence-corrected chi connectivity index (χ2v) is 27.8. The lowest BCUT2D eigenvalue weighted by atomic mass is 9.96. The van der Waals surface area contributed by atoms with Crippen LogP contribution < -0.4 is 40.8 Å². The van der Waals surface area contributed by atoms with E-state index in [1.54, 1.807) is 93.6 Å². The first-order chi connectivity index (χ1) is 44.6. The number of nitrogens with zero attached hydrogens (tertiary/aromatic N) is 5. The minimum atomic E-state index is -5.38. The van der Waals surface area contributed by atoms with Crippen LogP contribution in [-0.2, 0) is 82.4 Å². The van der Waals surface area contributed by atoms with Crippen molar-refractivity contribution >= 4 is 73.3 Å². The van der Waals surface area contributed by atoms with Gasteiger partial charge >= 0.3 is 30.2 Å². The number of carbonyl (C=O) groups excluding carboxylic acids is 7. The summed E-state index contributed by atoms with van der Waals surface area (Å²) in [5, 5.41) is 25.3. The molecule has 5 amide bonds. The van der Waals surface area contributed by atoms with E-state index in [2.05, 4.69) is 36.9 Å².